The molecule has 0 aliphatic rings. The van der Waals surface area contributed by atoms with Gasteiger partial charge >= 0.3 is 0 Å². The Bertz CT molecular complexity index is 573. The summed E-state index contributed by atoms with van der Waals surface area (Å²) in [6.07, 6.45) is 0. The van der Waals surface area contributed by atoms with Crippen LogP contribution in [0, 0.1) is 6.92 Å². The Morgan fingerprint density at radius 3 is 2.83 bits per heavy atom. The van der Waals surface area contributed by atoms with Gasteiger partial charge in [-0.1, -0.05) is 12.1 Å². The van der Waals surface area contributed by atoms with Crippen molar-refractivity contribution in [3.63, 3.8) is 0 Å². The smallest absolute Gasteiger partial charge is 0.211 e. The molecule has 18 heavy (non-hydrogen) atoms. The third-order valence-corrected chi connectivity index (χ3v) is 2.77. The molecular formula is C14H16N2O2. The van der Waals surface area contributed by atoms with Crippen molar-refractivity contribution in [1.82, 2.24) is 9.78 Å². The fourth-order valence-corrected chi connectivity index (χ4v) is 1.88. The lowest BCUT2D eigenvalue weighted by Crippen LogP contribution is -2.10. The van der Waals surface area contributed by atoms with Gasteiger partial charge in [0.2, 0.25) is 5.78 Å². The average Bonchev–Trinajstić information content (AvgIpc) is 2.79. The zero-order chi connectivity index (χ0) is 13.1. The van der Waals surface area contributed by atoms with Gasteiger partial charge in [-0.25, -0.2) is 0 Å². The van der Waals surface area contributed by atoms with Gasteiger partial charge in [0.15, 0.2) is 0 Å². The topological polar surface area (TPSA) is 44.1 Å². The Balaban J connectivity index is 2.40. The van der Waals surface area contributed by atoms with Crippen LogP contribution < -0.4 is 4.74 Å². The quantitative estimate of drug-likeness (QED) is 0.776. The third kappa shape index (κ3) is 2.27. The van der Waals surface area contributed by atoms with Gasteiger partial charge in [0.25, 0.3) is 0 Å². The zero-order valence-electron chi connectivity index (χ0n) is 10.8. The molecule has 1 aromatic carbocycles. The van der Waals surface area contributed by atoms with Crippen molar-refractivity contribution in [2.45, 2.75) is 20.4 Å². The Labute approximate surface area is 106 Å². The first-order chi connectivity index (χ1) is 8.65. The lowest BCUT2D eigenvalue weighted by atomic mass is 10.1. The fourth-order valence-electron chi connectivity index (χ4n) is 1.88. The maximum Gasteiger partial charge on any atom is 0.211 e. The molecule has 0 atom stereocenters. The zero-order valence-corrected chi connectivity index (χ0v) is 10.8. The van der Waals surface area contributed by atoms with Crippen molar-refractivity contribution >= 4 is 5.78 Å². The maximum atomic E-state index is 12.4. The van der Waals surface area contributed by atoms with Crippen molar-refractivity contribution in [1.29, 1.82) is 0 Å². The third-order valence-electron chi connectivity index (χ3n) is 2.77. The summed E-state index contributed by atoms with van der Waals surface area (Å²) in [6, 6.07) is 8.97. The molecule has 0 bridgehead atoms. The van der Waals surface area contributed by atoms with Gasteiger partial charge in [-0.2, -0.15) is 5.10 Å². The van der Waals surface area contributed by atoms with Crippen molar-refractivity contribution < 1.29 is 9.53 Å². The summed E-state index contributed by atoms with van der Waals surface area (Å²) in [7, 11) is 1.59. The van der Waals surface area contributed by atoms with E-state index >= 15 is 0 Å². The van der Waals surface area contributed by atoms with Crippen molar-refractivity contribution in [3.05, 3.63) is 47.3 Å². The van der Waals surface area contributed by atoms with Gasteiger partial charge in [-0.3, -0.25) is 9.48 Å². The molecule has 1 aromatic heterocycles. The van der Waals surface area contributed by atoms with Crippen LogP contribution in [0.3, 0.4) is 0 Å². The Morgan fingerprint density at radius 2 is 2.17 bits per heavy atom. The highest BCUT2D eigenvalue weighted by molar-refractivity contribution is 6.08. The van der Waals surface area contributed by atoms with Gasteiger partial charge in [0.05, 0.1) is 12.8 Å². The highest BCUT2D eigenvalue weighted by Crippen LogP contribution is 2.17. The van der Waals surface area contributed by atoms with Crippen LogP contribution in [0.15, 0.2) is 30.3 Å². The van der Waals surface area contributed by atoms with Crippen LogP contribution in [-0.2, 0) is 6.54 Å². The second-order valence-electron chi connectivity index (χ2n) is 4.05. The molecule has 0 saturated heterocycles. The molecule has 0 saturated carbocycles. The average molecular weight is 244 g/mol. The van der Waals surface area contributed by atoms with Crippen LogP contribution >= 0.6 is 0 Å². The molecular weight excluding hydrogens is 228 g/mol. The fraction of sp³-hybridized carbons (Fsp3) is 0.286. The molecule has 0 radical (unpaired) electrons. The highest BCUT2D eigenvalue weighted by atomic mass is 16.5. The molecule has 1 heterocycles. The van der Waals surface area contributed by atoms with E-state index in [-0.39, 0.29) is 5.78 Å². The molecule has 4 heteroatoms. The molecule has 0 spiro atoms. The van der Waals surface area contributed by atoms with E-state index in [1.54, 1.807) is 23.9 Å². The standard InChI is InChI=1S/C14H16N2O2/c1-4-16-13(8-10(2)15-16)14(17)11-6-5-7-12(9-11)18-3/h5-9H,4H2,1-3H3. The molecule has 0 unspecified atom stereocenters. The van der Waals surface area contributed by atoms with Gasteiger partial charge in [0, 0.05) is 12.1 Å². The minimum absolute atomic E-state index is 0.0312. The lowest BCUT2D eigenvalue weighted by molar-refractivity contribution is 0.102. The van der Waals surface area contributed by atoms with Gasteiger partial charge in [0.1, 0.15) is 11.4 Å². The number of aromatic nitrogens is 2. The molecule has 94 valence electrons. The molecule has 2 rings (SSSR count). The monoisotopic (exact) mass is 244 g/mol. The first-order valence-electron chi connectivity index (χ1n) is 5.89. The Hall–Kier alpha value is -2.10. The van der Waals surface area contributed by atoms with E-state index in [1.807, 2.05) is 32.0 Å². The molecule has 0 aliphatic carbocycles. The number of carbonyl (C=O) groups excluding carboxylic acids is 1. The van der Waals surface area contributed by atoms with Crippen LogP contribution in [0.5, 0.6) is 5.75 Å². The first-order valence-corrected chi connectivity index (χ1v) is 5.89. The normalized spacial score (nSPS) is 10.4. The largest absolute Gasteiger partial charge is 0.497 e. The number of aryl methyl sites for hydroxylation is 2. The predicted molar refractivity (Wildman–Crippen MR) is 69.1 cm³/mol. The maximum absolute atomic E-state index is 12.4. The van der Waals surface area contributed by atoms with Gasteiger partial charge in [-0.15, -0.1) is 0 Å². The summed E-state index contributed by atoms with van der Waals surface area (Å²) in [5, 5.41) is 4.28. The summed E-state index contributed by atoms with van der Waals surface area (Å²) in [4.78, 5) is 12.4. The minimum Gasteiger partial charge on any atom is -0.497 e. The predicted octanol–water partition coefficient (Wildman–Crippen LogP) is 2.45. The molecule has 0 fully saturated rings. The Morgan fingerprint density at radius 1 is 1.39 bits per heavy atom. The summed E-state index contributed by atoms with van der Waals surface area (Å²) < 4.78 is 6.85. The van der Waals surface area contributed by atoms with E-state index in [2.05, 4.69) is 5.10 Å². The number of benzene rings is 1. The number of ether oxygens (including phenoxy) is 1. The molecule has 0 aliphatic heterocycles. The summed E-state index contributed by atoms with van der Waals surface area (Å²) in [5.41, 5.74) is 2.08. The van der Waals surface area contributed by atoms with E-state index in [0.29, 0.717) is 23.6 Å². The van der Waals surface area contributed by atoms with Crippen LogP contribution in [-0.4, -0.2) is 22.7 Å². The Kier molecular flexibility index (Phi) is 3.46. The van der Waals surface area contributed by atoms with Crippen molar-refractivity contribution in [2.24, 2.45) is 0 Å². The van der Waals surface area contributed by atoms with E-state index in [4.69, 9.17) is 4.74 Å². The van der Waals surface area contributed by atoms with Crippen molar-refractivity contribution in [3.8, 4) is 5.75 Å². The van der Waals surface area contributed by atoms with Gasteiger partial charge < -0.3 is 4.74 Å². The van der Waals surface area contributed by atoms with Crippen molar-refractivity contribution in [2.75, 3.05) is 7.11 Å². The SMILES string of the molecule is CCn1nc(C)cc1C(=O)c1cccc(OC)c1. The van der Waals surface area contributed by atoms with Crippen LogP contribution in [0.4, 0.5) is 0 Å². The molecule has 4 nitrogen and oxygen atoms in total. The number of ketones is 1. The van der Waals surface area contributed by atoms with Gasteiger partial charge in [-0.05, 0) is 32.0 Å². The highest BCUT2D eigenvalue weighted by Gasteiger charge is 2.15. The molecule has 2 aromatic rings. The van der Waals surface area contributed by atoms with E-state index in [0.717, 1.165) is 5.69 Å². The number of carbonyl (C=O) groups is 1. The summed E-state index contributed by atoms with van der Waals surface area (Å²) in [6.45, 7) is 4.53. The first kappa shape index (κ1) is 12.4. The summed E-state index contributed by atoms with van der Waals surface area (Å²) >= 11 is 0. The number of hydrogen-bond donors (Lipinski definition) is 0. The van der Waals surface area contributed by atoms with Crippen LogP contribution in [0.1, 0.15) is 28.7 Å². The van der Waals surface area contributed by atoms with E-state index < -0.39 is 0 Å². The van der Waals surface area contributed by atoms with E-state index in [1.165, 1.54) is 0 Å². The van der Waals surface area contributed by atoms with Crippen LogP contribution in [0.25, 0.3) is 0 Å². The lowest BCUT2D eigenvalue weighted by Gasteiger charge is -2.05. The second kappa shape index (κ2) is 5.04. The number of hydrogen-bond acceptors (Lipinski definition) is 3. The van der Waals surface area contributed by atoms with E-state index in [9.17, 15) is 4.79 Å². The molecule has 0 N–H and O–H groups in total. The minimum atomic E-state index is -0.0312. The number of methoxy groups -OCH3 is 1. The summed E-state index contributed by atoms with van der Waals surface area (Å²) in [5.74, 6) is 0.650. The second-order valence-corrected chi connectivity index (χ2v) is 4.05. The number of rotatable bonds is 4. The number of nitrogens with zero attached hydrogens (tertiary/aromatic N) is 2. The van der Waals surface area contributed by atoms with Crippen LogP contribution in [0.2, 0.25) is 0 Å². The molecule has 0 amide bonds.